The maximum Gasteiger partial charge on any atom is 0.264 e. The highest BCUT2D eigenvalue weighted by Crippen LogP contribution is 2.28. The van der Waals surface area contributed by atoms with Crippen molar-refractivity contribution in [2.24, 2.45) is 0 Å². The third kappa shape index (κ3) is 4.08. The van der Waals surface area contributed by atoms with E-state index in [0.717, 1.165) is 38.4 Å². The SMILES string of the molecule is CCCN(Cc1cccc(N)c1)C(=O)c1cc(C)c(Br)s1. The second-order valence-electron chi connectivity index (χ2n) is 5.04. The molecule has 5 heteroatoms. The summed E-state index contributed by atoms with van der Waals surface area (Å²) in [7, 11) is 0. The lowest BCUT2D eigenvalue weighted by Gasteiger charge is -2.21. The van der Waals surface area contributed by atoms with Crippen LogP contribution in [0.2, 0.25) is 0 Å². The van der Waals surface area contributed by atoms with Crippen molar-refractivity contribution in [1.82, 2.24) is 4.90 Å². The molecule has 1 heterocycles. The molecule has 21 heavy (non-hydrogen) atoms. The Morgan fingerprint density at radius 1 is 1.38 bits per heavy atom. The molecule has 0 atom stereocenters. The maximum absolute atomic E-state index is 12.7. The summed E-state index contributed by atoms with van der Waals surface area (Å²) in [5.41, 5.74) is 8.70. The van der Waals surface area contributed by atoms with Gasteiger partial charge in [-0.25, -0.2) is 0 Å². The summed E-state index contributed by atoms with van der Waals surface area (Å²) in [4.78, 5) is 15.3. The van der Waals surface area contributed by atoms with E-state index in [1.165, 1.54) is 11.3 Å². The fourth-order valence-electron chi connectivity index (χ4n) is 2.16. The number of anilines is 1. The van der Waals surface area contributed by atoms with Crippen LogP contribution in [-0.2, 0) is 6.54 Å². The average molecular weight is 367 g/mol. The van der Waals surface area contributed by atoms with Gasteiger partial charge in [0.15, 0.2) is 0 Å². The molecule has 1 aromatic heterocycles. The Morgan fingerprint density at radius 2 is 2.14 bits per heavy atom. The van der Waals surface area contributed by atoms with Gasteiger partial charge in [0.1, 0.15) is 0 Å². The van der Waals surface area contributed by atoms with Crippen LogP contribution in [0.3, 0.4) is 0 Å². The first-order valence-corrected chi connectivity index (χ1v) is 8.51. The van der Waals surface area contributed by atoms with E-state index < -0.39 is 0 Å². The molecule has 0 saturated carbocycles. The van der Waals surface area contributed by atoms with Gasteiger partial charge in [-0.15, -0.1) is 11.3 Å². The van der Waals surface area contributed by atoms with Crippen LogP contribution < -0.4 is 5.73 Å². The molecule has 0 bridgehead atoms. The number of rotatable bonds is 5. The molecule has 0 unspecified atom stereocenters. The molecule has 0 radical (unpaired) electrons. The average Bonchev–Trinajstić information content (AvgIpc) is 2.77. The normalized spacial score (nSPS) is 10.6. The van der Waals surface area contributed by atoms with Gasteiger partial charge < -0.3 is 10.6 Å². The minimum absolute atomic E-state index is 0.0816. The molecule has 2 N–H and O–H groups in total. The van der Waals surface area contributed by atoms with E-state index in [1.54, 1.807) is 0 Å². The Bertz CT molecular complexity index is 619. The van der Waals surface area contributed by atoms with Crippen molar-refractivity contribution in [2.45, 2.75) is 26.8 Å². The number of amides is 1. The van der Waals surface area contributed by atoms with Crippen molar-refractivity contribution < 1.29 is 4.79 Å². The van der Waals surface area contributed by atoms with Crippen LogP contribution in [0.5, 0.6) is 0 Å². The summed E-state index contributed by atoms with van der Waals surface area (Å²) in [5, 5.41) is 0. The third-order valence-electron chi connectivity index (χ3n) is 3.17. The predicted octanol–water partition coefficient (Wildman–Crippen LogP) is 4.45. The molecular weight excluding hydrogens is 348 g/mol. The highest BCUT2D eigenvalue weighted by molar-refractivity contribution is 9.11. The summed E-state index contributed by atoms with van der Waals surface area (Å²) < 4.78 is 1.02. The highest BCUT2D eigenvalue weighted by Gasteiger charge is 2.18. The third-order valence-corrected chi connectivity index (χ3v) is 5.30. The molecule has 1 amide bonds. The highest BCUT2D eigenvalue weighted by atomic mass is 79.9. The van der Waals surface area contributed by atoms with Crippen molar-refractivity contribution in [1.29, 1.82) is 0 Å². The molecule has 0 aliphatic carbocycles. The number of nitrogens with zero attached hydrogens (tertiary/aromatic N) is 1. The quantitative estimate of drug-likeness (QED) is 0.794. The lowest BCUT2D eigenvalue weighted by Crippen LogP contribution is -2.30. The smallest absolute Gasteiger partial charge is 0.264 e. The molecule has 3 nitrogen and oxygen atoms in total. The summed E-state index contributed by atoms with van der Waals surface area (Å²) >= 11 is 4.97. The zero-order valence-electron chi connectivity index (χ0n) is 12.2. The van der Waals surface area contributed by atoms with Crippen LogP contribution in [0.25, 0.3) is 0 Å². The van der Waals surface area contributed by atoms with Gasteiger partial charge in [0.2, 0.25) is 0 Å². The molecule has 112 valence electrons. The molecule has 0 aliphatic heterocycles. The maximum atomic E-state index is 12.7. The number of nitrogens with two attached hydrogens (primary N) is 1. The van der Waals surface area contributed by atoms with Gasteiger partial charge >= 0.3 is 0 Å². The molecule has 0 spiro atoms. The number of carbonyl (C=O) groups is 1. The topological polar surface area (TPSA) is 46.3 Å². The minimum atomic E-state index is 0.0816. The number of nitrogen functional groups attached to an aromatic ring is 1. The fraction of sp³-hybridized carbons (Fsp3) is 0.312. The van der Waals surface area contributed by atoms with Gasteiger partial charge in [-0.1, -0.05) is 19.1 Å². The van der Waals surface area contributed by atoms with Gasteiger partial charge in [-0.2, -0.15) is 0 Å². The molecule has 0 saturated heterocycles. The summed E-state index contributed by atoms with van der Waals surface area (Å²) in [6.07, 6.45) is 0.930. The Labute approximate surface area is 137 Å². The van der Waals surface area contributed by atoms with Crippen LogP contribution in [0.4, 0.5) is 5.69 Å². The molecule has 2 aromatic rings. The number of aryl methyl sites for hydroxylation is 1. The number of hydrogen-bond acceptors (Lipinski definition) is 3. The van der Waals surface area contributed by atoms with Crippen molar-refractivity contribution >= 4 is 38.9 Å². The minimum Gasteiger partial charge on any atom is -0.399 e. The second-order valence-corrected chi connectivity index (χ2v) is 7.41. The number of halogens is 1. The summed E-state index contributed by atoms with van der Waals surface area (Å²) in [6, 6.07) is 9.65. The van der Waals surface area contributed by atoms with E-state index in [-0.39, 0.29) is 5.91 Å². The van der Waals surface area contributed by atoms with Crippen LogP contribution in [0.15, 0.2) is 34.1 Å². The van der Waals surface area contributed by atoms with Crippen molar-refractivity contribution in [3.05, 3.63) is 50.1 Å². The standard InChI is InChI=1S/C16H19BrN2OS/c1-3-7-19(10-12-5-4-6-13(18)9-12)16(20)14-8-11(2)15(17)21-14/h4-6,8-9H,3,7,10,18H2,1-2H3. The van der Waals surface area contributed by atoms with Gasteiger partial charge in [0.05, 0.1) is 8.66 Å². The van der Waals surface area contributed by atoms with Gasteiger partial charge in [0, 0.05) is 18.8 Å². The van der Waals surface area contributed by atoms with E-state index in [1.807, 2.05) is 42.2 Å². The van der Waals surface area contributed by atoms with E-state index in [0.29, 0.717) is 6.54 Å². The molecular formula is C16H19BrN2OS. The molecule has 0 fully saturated rings. The lowest BCUT2D eigenvalue weighted by molar-refractivity contribution is 0.0748. The van der Waals surface area contributed by atoms with E-state index in [9.17, 15) is 4.79 Å². The fourth-order valence-corrected chi connectivity index (χ4v) is 3.66. The Hall–Kier alpha value is -1.33. The van der Waals surface area contributed by atoms with Crippen LogP contribution in [-0.4, -0.2) is 17.4 Å². The van der Waals surface area contributed by atoms with Gasteiger partial charge in [-0.3, -0.25) is 4.79 Å². The van der Waals surface area contributed by atoms with Crippen molar-refractivity contribution in [3.63, 3.8) is 0 Å². The summed E-state index contributed by atoms with van der Waals surface area (Å²) in [6.45, 7) is 5.41. The van der Waals surface area contributed by atoms with Gasteiger partial charge in [0.25, 0.3) is 5.91 Å². The largest absolute Gasteiger partial charge is 0.399 e. The predicted molar refractivity (Wildman–Crippen MR) is 92.6 cm³/mol. The van der Waals surface area contributed by atoms with Crippen molar-refractivity contribution in [2.75, 3.05) is 12.3 Å². The van der Waals surface area contributed by atoms with Crippen LogP contribution in [0, 0.1) is 6.92 Å². The van der Waals surface area contributed by atoms with E-state index >= 15 is 0 Å². The number of hydrogen-bond donors (Lipinski definition) is 1. The van der Waals surface area contributed by atoms with Crippen LogP contribution >= 0.6 is 27.3 Å². The Balaban J connectivity index is 2.20. The molecule has 0 aliphatic rings. The van der Waals surface area contributed by atoms with Crippen LogP contribution in [0.1, 0.15) is 34.1 Å². The first-order valence-electron chi connectivity index (χ1n) is 6.91. The first-order chi connectivity index (χ1) is 10.0. The monoisotopic (exact) mass is 366 g/mol. The zero-order valence-corrected chi connectivity index (χ0v) is 14.6. The number of thiophene rings is 1. The number of carbonyl (C=O) groups excluding carboxylic acids is 1. The second kappa shape index (κ2) is 7.09. The zero-order chi connectivity index (χ0) is 15.4. The van der Waals surface area contributed by atoms with E-state index in [2.05, 4.69) is 22.9 Å². The molecule has 1 aromatic carbocycles. The van der Waals surface area contributed by atoms with E-state index in [4.69, 9.17) is 5.73 Å². The lowest BCUT2D eigenvalue weighted by atomic mass is 10.2. The number of benzene rings is 1. The molecule has 2 rings (SSSR count). The first kappa shape index (κ1) is 16.0. The Kier molecular flexibility index (Phi) is 5.42. The van der Waals surface area contributed by atoms with Gasteiger partial charge in [-0.05, 0) is 58.6 Å². The Morgan fingerprint density at radius 3 is 2.71 bits per heavy atom. The van der Waals surface area contributed by atoms with Crippen molar-refractivity contribution in [3.8, 4) is 0 Å². The summed E-state index contributed by atoms with van der Waals surface area (Å²) in [5.74, 6) is 0.0816.